The molecule has 0 radical (unpaired) electrons. The van der Waals surface area contributed by atoms with Gasteiger partial charge in [0.05, 0.1) is 18.7 Å². The molecule has 3 nitrogen and oxygen atoms in total. The Labute approximate surface area is 128 Å². The van der Waals surface area contributed by atoms with E-state index in [0.29, 0.717) is 28.7 Å². The number of hydrogen-bond acceptors (Lipinski definition) is 2. The predicted molar refractivity (Wildman–Crippen MR) is 81.9 cm³/mol. The number of halogens is 2. The molecule has 1 aliphatic rings. The van der Waals surface area contributed by atoms with Gasteiger partial charge in [0, 0.05) is 16.1 Å². The molecule has 0 unspecified atom stereocenters. The molecule has 1 aromatic carbocycles. The van der Waals surface area contributed by atoms with Gasteiger partial charge in [-0.3, -0.25) is 4.79 Å². The molecule has 1 saturated heterocycles. The molecule has 1 aromatic rings. The lowest BCUT2D eigenvalue weighted by molar-refractivity contribution is -0.151. The summed E-state index contributed by atoms with van der Waals surface area (Å²) in [4.78, 5) is 13.6. The largest absolute Gasteiger partial charge is 0.386 e. The highest BCUT2D eigenvalue weighted by Gasteiger charge is 2.41. The van der Waals surface area contributed by atoms with E-state index in [2.05, 4.69) is 0 Å². The number of β-amino-alcohol motifs (C(OH)–C–C–N with tert-alkyl or cyclic N) is 1. The minimum absolute atomic E-state index is 0.123. The average Bonchev–Trinajstić information content (AvgIpc) is 2.37. The molecule has 1 heterocycles. The van der Waals surface area contributed by atoms with Gasteiger partial charge in [-0.15, -0.1) is 0 Å². The van der Waals surface area contributed by atoms with Gasteiger partial charge in [0.15, 0.2) is 0 Å². The molecule has 0 atom stereocenters. The van der Waals surface area contributed by atoms with E-state index in [-0.39, 0.29) is 5.91 Å². The van der Waals surface area contributed by atoms with Crippen LogP contribution >= 0.6 is 23.2 Å². The maximum absolute atomic E-state index is 11.9. The minimum atomic E-state index is -0.702. The van der Waals surface area contributed by atoms with Gasteiger partial charge in [0.2, 0.25) is 5.91 Å². The van der Waals surface area contributed by atoms with Crippen molar-refractivity contribution in [3.05, 3.63) is 39.9 Å². The number of nitrogens with zero attached hydrogens (tertiary/aromatic N) is 1. The van der Waals surface area contributed by atoms with Crippen molar-refractivity contribution in [2.45, 2.75) is 25.4 Å². The molecule has 0 aromatic heterocycles. The zero-order valence-electron chi connectivity index (χ0n) is 11.3. The van der Waals surface area contributed by atoms with Crippen LogP contribution in [0.25, 0.3) is 6.08 Å². The van der Waals surface area contributed by atoms with Crippen LogP contribution in [0.4, 0.5) is 0 Å². The molecule has 1 N–H and O–H groups in total. The minimum Gasteiger partial charge on any atom is -0.386 e. The lowest BCUT2D eigenvalue weighted by atomic mass is 9.89. The monoisotopic (exact) mass is 313 g/mol. The fourth-order valence-corrected chi connectivity index (χ4v) is 2.71. The highest BCUT2D eigenvalue weighted by molar-refractivity contribution is 6.34. The number of rotatable bonds is 4. The van der Waals surface area contributed by atoms with E-state index in [0.717, 1.165) is 12.8 Å². The summed E-state index contributed by atoms with van der Waals surface area (Å²) < 4.78 is 0. The Morgan fingerprint density at radius 2 is 2.15 bits per heavy atom. The lowest BCUT2D eigenvalue weighted by Crippen LogP contribution is -2.63. The first-order chi connectivity index (χ1) is 9.43. The number of amides is 1. The second-order valence-corrected chi connectivity index (χ2v) is 6.01. The Hall–Kier alpha value is -1.03. The van der Waals surface area contributed by atoms with Crippen LogP contribution in [-0.2, 0) is 4.79 Å². The SMILES string of the molecule is CCCC1(O)CN(C(=O)C=Cc2cc(Cl)ccc2Cl)C1. The molecule has 0 spiro atoms. The summed E-state index contributed by atoms with van der Waals surface area (Å²) in [6.07, 6.45) is 4.74. The molecule has 5 heteroatoms. The molecule has 1 aliphatic heterocycles. The van der Waals surface area contributed by atoms with Gasteiger partial charge < -0.3 is 10.0 Å². The van der Waals surface area contributed by atoms with Crippen molar-refractivity contribution in [2.24, 2.45) is 0 Å². The van der Waals surface area contributed by atoms with Crippen LogP contribution in [0.15, 0.2) is 24.3 Å². The molecular formula is C15H17Cl2NO2. The summed E-state index contributed by atoms with van der Waals surface area (Å²) >= 11 is 11.9. The summed E-state index contributed by atoms with van der Waals surface area (Å²) in [5, 5.41) is 11.2. The predicted octanol–water partition coefficient (Wildman–Crippen LogP) is 3.38. The Bertz CT molecular complexity index is 537. The Balaban J connectivity index is 1.96. The molecule has 1 amide bonds. The van der Waals surface area contributed by atoms with E-state index >= 15 is 0 Å². The highest BCUT2D eigenvalue weighted by Crippen LogP contribution is 2.26. The number of carbonyl (C=O) groups excluding carboxylic acids is 1. The summed E-state index contributed by atoms with van der Waals surface area (Å²) in [7, 11) is 0. The molecule has 2 rings (SSSR count). The Kier molecular flexibility index (Phi) is 4.74. The van der Waals surface area contributed by atoms with Gasteiger partial charge in [-0.2, -0.15) is 0 Å². The third-order valence-electron chi connectivity index (χ3n) is 3.36. The number of aliphatic hydroxyl groups is 1. The van der Waals surface area contributed by atoms with E-state index in [1.54, 1.807) is 29.2 Å². The van der Waals surface area contributed by atoms with Gasteiger partial charge in [0.25, 0.3) is 0 Å². The van der Waals surface area contributed by atoms with Gasteiger partial charge in [-0.25, -0.2) is 0 Å². The van der Waals surface area contributed by atoms with E-state index in [1.165, 1.54) is 6.08 Å². The van der Waals surface area contributed by atoms with Crippen LogP contribution in [0.1, 0.15) is 25.3 Å². The van der Waals surface area contributed by atoms with E-state index < -0.39 is 5.60 Å². The number of hydrogen-bond donors (Lipinski definition) is 1. The van der Waals surface area contributed by atoms with Crippen molar-refractivity contribution in [1.29, 1.82) is 0 Å². The molecular weight excluding hydrogens is 297 g/mol. The Morgan fingerprint density at radius 1 is 1.45 bits per heavy atom. The van der Waals surface area contributed by atoms with Gasteiger partial charge in [-0.05, 0) is 36.3 Å². The second-order valence-electron chi connectivity index (χ2n) is 5.17. The highest BCUT2D eigenvalue weighted by atomic mass is 35.5. The average molecular weight is 314 g/mol. The standard InChI is InChI=1S/C15H17Cl2NO2/c1-2-7-15(20)9-18(10-15)14(19)6-3-11-8-12(16)4-5-13(11)17/h3-6,8,20H,2,7,9-10H2,1H3. The zero-order valence-corrected chi connectivity index (χ0v) is 12.8. The summed E-state index contributed by atoms with van der Waals surface area (Å²) in [6.45, 7) is 2.81. The van der Waals surface area contributed by atoms with Crippen molar-refractivity contribution in [1.82, 2.24) is 4.90 Å². The molecule has 0 aliphatic carbocycles. The van der Waals surface area contributed by atoms with Crippen LogP contribution in [0.2, 0.25) is 10.0 Å². The van der Waals surface area contributed by atoms with Crippen molar-refractivity contribution in [2.75, 3.05) is 13.1 Å². The first-order valence-corrected chi connectivity index (χ1v) is 7.33. The van der Waals surface area contributed by atoms with Crippen LogP contribution in [0.5, 0.6) is 0 Å². The van der Waals surface area contributed by atoms with E-state index in [9.17, 15) is 9.90 Å². The summed E-state index contributed by atoms with van der Waals surface area (Å²) in [5.41, 5.74) is 0.00300. The van der Waals surface area contributed by atoms with Crippen molar-refractivity contribution in [3.8, 4) is 0 Å². The molecule has 0 saturated carbocycles. The number of likely N-dealkylation sites (tertiary alicyclic amines) is 1. The van der Waals surface area contributed by atoms with Crippen molar-refractivity contribution >= 4 is 35.2 Å². The van der Waals surface area contributed by atoms with E-state index in [1.807, 2.05) is 6.92 Å². The molecule has 1 fully saturated rings. The fourth-order valence-electron chi connectivity index (χ4n) is 2.35. The maximum atomic E-state index is 11.9. The maximum Gasteiger partial charge on any atom is 0.246 e. The summed E-state index contributed by atoms with van der Waals surface area (Å²) in [6, 6.07) is 5.10. The van der Waals surface area contributed by atoms with Crippen molar-refractivity contribution in [3.63, 3.8) is 0 Å². The topological polar surface area (TPSA) is 40.5 Å². The Morgan fingerprint density at radius 3 is 2.80 bits per heavy atom. The third kappa shape index (κ3) is 3.54. The van der Waals surface area contributed by atoms with E-state index in [4.69, 9.17) is 23.2 Å². The van der Waals surface area contributed by atoms with Crippen LogP contribution in [-0.4, -0.2) is 34.6 Å². The number of benzene rings is 1. The van der Waals surface area contributed by atoms with Crippen LogP contribution in [0, 0.1) is 0 Å². The van der Waals surface area contributed by atoms with Gasteiger partial charge in [0.1, 0.15) is 0 Å². The summed E-state index contributed by atoms with van der Waals surface area (Å²) in [5.74, 6) is -0.123. The molecule has 0 bridgehead atoms. The first kappa shape index (κ1) is 15.4. The van der Waals surface area contributed by atoms with Gasteiger partial charge in [-0.1, -0.05) is 36.5 Å². The third-order valence-corrected chi connectivity index (χ3v) is 3.94. The zero-order chi connectivity index (χ0) is 14.8. The fraction of sp³-hybridized carbons (Fsp3) is 0.400. The smallest absolute Gasteiger partial charge is 0.246 e. The normalized spacial score (nSPS) is 17.3. The lowest BCUT2D eigenvalue weighted by Gasteiger charge is -2.46. The first-order valence-electron chi connectivity index (χ1n) is 6.58. The quantitative estimate of drug-likeness (QED) is 0.866. The second kappa shape index (κ2) is 6.17. The van der Waals surface area contributed by atoms with Crippen molar-refractivity contribution < 1.29 is 9.90 Å². The molecule has 20 heavy (non-hydrogen) atoms. The molecule has 108 valence electrons. The van der Waals surface area contributed by atoms with Gasteiger partial charge >= 0.3 is 0 Å². The number of carbonyl (C=O) groups is 1. The van der Waals surface area contributed by atoms with Crippen LogP contribution in [0.3, 0.4) is 0 Å². The van der Waals surface area contributed by atoms with Crippen LogP contribution < -0.4 is 0 Å².